The van der Waals surface area contributed by atoms with Crippen LogP contribution < -0.4 is 0 Å². The lowest BCUT2D eigenvalue weighted by molar-refractivity contribution is -0.135. The third kappa shape index (κ3) is 6.05. The molecule has 0 aliphatic carbocycles. The third-order valence-corrected chi connectivity index (χ3v) is 5.11. The Morgan fingerprint density at radius 1 is 1.36 bits per heavy atom. The standard InChI is InChI=1S/C15H14Cl2O2.C6H12/c1-3-4-11(12-8-19-15(18)9(12)2)10-5-6-13(16)14(17)7-10;1-4-6(3)5-2/h3,5-7,11H,1,4,8H2,2H3;4H,5H2,1-3H3/b;6-4-. The summed E-state index contributed by atoms with van der Waals surface area (Å²) in [6, 6.07) is 5.52. The zero-order valence-corrected chi connectivity index (χ0v) is 16.9. The van der Waals surface area contributed by atoms with Gasteiger partial charge in [0.25, 0.3) is 0 Å². The number of carbonyl (C=O) groups excluding carboxylic acids is 1. The monoisotopic (exact) mass is 380 g/mol. The van der Waals surface area contributed by atoms with Crippen LogP contribution in [0.5, 0.6) is 0 Å². The van der Waals surface area contributed by atoms with Gasteiger partial charge in [-0.2, -0.15) is 0 Å². The van der Waals surface area contributed by atoms with Crippen LogP contribution in [0.3, 0.4) is 0 Å². The van der Waals surface area contributed by atoms with E-state index < -0.39 is 0 Å². The van der Waals surface area contributed by atoms with Gasteiger partial charge in [-0.25, -0.2) is 4.79 Å². The number of cyclic esters (lactones) is 1. The minimum atomic E-state index is -0.246. The van der Waals surface area contributed by atoms with E-state index in [1.165, 1.54) is 12.0 Å². The molecule has 2 nitrogen and oxygen atoms in total. The second kappa shape index (κ2) is 10.5. The van der Waals surface area contributed by atoms with Crippen molar-refractivity contribution in [1.82, 2.24) is 0 Å². The van der Waals surface area contributed by atoms with Crippen molar-refractivity contribution in [2.75, 3.05) is 6.61 Å². The fourth-order valence-corrected chi connectivity index (χ4v) is 2.74. The van der Waals surface area contributed by atoms with Gasteiger partial charge < -0.3 is 4.74 Å². The van der Waals surface area contributed by atoms with E-state index in [4.69, 9.17) is 27.9 Å². The molecule has 1 atom stereocenters. The van der Waals surface area contributed by atoms with E-state index in [1.807, 2.05) is 18.2 Å². The zero-order chi connectivity index (χ0) is 19.0. The van der Waals surface area contributed by atoms with Crippen LogP contribution in [0.2, 0.25) is 10.0 Å². The first-order valence-electron chi connectivity index (χ1n) is 8.40. The number of benzene rings is 1. The number of ether oxygens (including phenoxy) is 1. The average Bonchev–Trinajstić information content (AvgIpc) is 2.94. The quantitative estimate of drug-likeness (QED) is 0.410. The summed E-state index contributed by atoms with van der Waals surface area (Å²) in [5.74, 6) is -0.192. The van der Waals surface area contributed by atoms with Gasteiger partial charge in [-0.3, -0.25) is 0 Å². The van der Waals surface area contributed by atoms with Crippen LogP contribution >= 0.6 is 23.2 Å². The molecule has 1 aliphatic rings. The van der Waals surface area contributed by atoms with Crippen LogP contribution in [0.4, 0.5) is 0 Å². The maximum Gasteiger partial charge on any atom is 0.334 e. The van der Waals surface area contributed by atoms with Crippen molar-refractivity contribution in [3.05, 3.63) is 69.3 Å². The largest absolute Gasteiger partial charge is 0.458 e. The van der Waals surface area contributed by atoms with Gasteiger partial charge in [-0.1, -0.05) is 53.9 Å². The lowest BCUT2D eigenvalue weighted by atomic mass is 9.87. The second-order valence-corrected chi connectivity index (χ2v) is 6.78. The van der Waals surface area contributed by atoms with Gasteiger partial charge in [0.05, 0.1) is 10.0 Å². The molecule has 0 saturated heterocycles. The van der Waals surface area contributed by atoms with E-state index in [9.17, 15) is 4.79 Å². The second-order valence-electron chi connectivity index (χ2n) is 5.97. The summed E-state index contributed by atoms with van der Waals surface area (Å²) in [7, 11) is 0. The van der Waals surface area contributed by atoms with Crippen molar-refractivity contribution >= 4 is 29.2 Å². The number of allylic oxidation sites excluding steroid dienone is 3. The Balaban J connectivity index is 0.000000450. The summed E-state index contributed by atoms with van der Waals surface area (Å²) >= 11 is 12.0. The van der Waals surface area contributed by atoms with Gasteiger partial charge in [0.1, 0.15) is 6.61 Å². The van der Waals surface area contributed by atoms with E-state index in [2.05, 4.69) is 33.4 Å². The van der Waals surface area contributed by atoms with Gasteiger partial charge in [0, 0.05) is 11.5 Å². The smallest absolute Gasteiger partial charge is 0.334 e. The van der Waals surface area contributed by atoms with Crippen LogP contribution in [-0.4, -0.2) is 12.6 Å². The molecule has 136 valence electrons. The molecule has 0 radical (unpaired) electrons. The molecule has 0 spiro atoms. The number of hydrogen-bond acceptors (Lipinski definition) is 2. The molecule has 0 fully saturated rings. The molecule has 1 unspecified atom stereocenters. The molecule has 0 N–H and O–H groups in total. The molecular formula is C21H26Cl2O2. The molecule has 4 heteroatoms. The van der Waals surface area contributed by atoms with Crippen molar-refractivity contribution in [2.24, 2.45) is 0 Å². The van der Waals surface area contributed by atoms with Gasteiger partial charge >= 0.3 is 5.97 Å². The molecule has 25 heavy (non-hydrogen) atoms. The molecule has 0 amide bonds. The van der Waals surface area contributed by atoms with Gasteiger partial charge in [0.2, 0.25) is 0 Å². The Kier molecular flexibility index (Phi) is 9.02. The maximum absolute atomic E-state index is 11.5. The molecule has 0 aromatic heterocycles. The number of hydrogen-bond donors (Lipinski definition) is 0. The number of carbonyl (C=O) groups is 1. The predicted octanol–water partition coefficient (Wildman–Crippen LogP) is 6.89. The Bertz CT molecular complexity index is 687. The van der Waals surface area contributed by atoms with Gasteiger partial charge in [0.15, 0.2) is 0 Å². The average molecular weight is 381 g/mol. The first-order chi connectivity index (χ1) is 11.8. The van der Waals surface area contributed by atoms with E-state index in [0.717, 1.165) is 17.6 Å². The highest BCUT2D eigenvalue weighted by atomic mass is 35.5. The Labute approximate surface area is 161 Å². The summed E-state index contributed by atoms with van der Waals surface area (Å²) in [4.78, 5) is 11.5. The van der Waals surface area contributed by atoms with Crippen LogP contribution in [0.1, 0.15) is 52.0 Å². The molecular weight excluding hydrogens is 355 g/mol. The lowest BCUT2D eigenvalue weighted by Gasteiger charge is -2.17. The predicted molar refractivity (Wildman–Crippen MR) is 107 cm³/mol. The van der Waals surface area contributed by atoms with E-state index >= 15 is 0 Å². The summed E-state index contributed by atoms with van der Waals surface area (Å²) in [5.41, 5.74) is 4.15. The van der Waals surface area contributed by atoms with Crippen LogP contribution in [-0.2, 0) is 9.53 Å². The van der Waals surface area contributed by atoms with Crippen molar-refractivity contribution in [3.8, 4) is 0 Å². The minimum Gasteiger partial charge on any atom is -0.458 e. The number of esters is 1. The summed E-state index contributed by atoms with van der Waals surface area (Å²) in [5, 5.41) is 1.03. The fraction of sp³-hybridized carbons (Fsp3) is 0.381. The molecule has 0 saturated carbocycles. The highest BCUT2D eigenvalue weighted by Gasteiger charge is 2.27. The van der Waals surface area contributed by atoms with Crippen molar-refractivity contribution in [2.45, 2.75) is 46.5 Å². The number of halogens is 2. The first kappa shape index (κ1) is 21.5. The lowest BCUT2D eigenvalue weighted by Crippen LogP contribution is -2.04. The highest BCUT2D eigenvalue weighted by Crippen LogP contribution is 2.36. The SMILES string of the molecule is C/C=C(/C)CC.C=CCC(C1=C(C)C(=O)OC1)c1ccc(Cl)c(Cl)c1. The molecule has 2 rings (SSSR count). The first-order valence-corrected chi connectivity index (χ1v) is 9.15. The Hall–Kier alpha value is -1.51. The van der Waals surface area contributed by atoms with Crippen molar-refractivity contribution in [3.63, 3.8) is 0 Å². The summed E-state index contributed by atoms with van der Waals surface area (Å²) in [6.07, 6.45) is 5.88. The van der Waals surface area contributed by atoms with E-state index in [1.54, 1.807) is 13.0 Å². The summed E-state index contributed by atoms with van der Waals surface area (Å²) in [6.45, 7) is 12.3. The maximum atomic E-state index is 11.5. The van der Waals surface area contributed by atoms with Crippen LogP contribution in [0.25, 0.3) is 0 Å². The minimum absolute atomic E-state index is 0.0544. The highest BCUT2D eigenvalue weighted by molar-refractivity contribution is 6.42. The molecule has 0 bridgehead atoms. The fourth-order valence-electron chi connectivity index (χ4n) is 2.43. The van der Waals surface area contributed by atoms with Gasteiger partial charge in [-0.15, -0.1) is 6.58 Å². The molecule has 1 aromatic rings. The van der Waals surface area contributed by atoms with Crippen LogP contribution in [0.15, 0.2) is 53.6 Å². The molecule has 1 aromatic carbocycles. The van der Waals surface area contributed by atoms with E-state index in [-0.39, 0.29) is 11.9 Å². The normalized spacial score (nSPS) is 15.4. The molecule has 1 aliphatic heterocycles. The zero-order valence-electron chi connectivity index (χ0n) is 15.4. The Morgan fingerprint density at radius 2 is 2.04 bits per heavy atom. The molecule has 1 heterocycles. The van der Waals surface area contributed by atoms with Gasteiger partial charge in [-0.05, 0) is 56.9 Å². The topological polar surface area (TPSA) is 26.3 Å². The van der Waals surface area contributed by atoms with E-state index in [0.29, 0.717) is 22.2 Å². The van der Waals surface area contributed by atoms with Crippen LogP contribution in [0, 0.1) is 0 Å². The summed E-state index contributed by atoms with van der Waals surface area (Å²) < 4.78 is 5.07. The Morgan fingerprint density at radius 3 is 2.44 bits per heavy atom. The van der Waals surface area contributed by atoms with Crippen molar-refractivity contribution < 1.29 is 9.53 Å². The van der Waals surface area contributed by atoms with Crippen molar-refractivity contribution in [1.29, 1.82) is 0 Å². The third-order valence-electron chi connectivity index (χ3n) is 4.37. The number of rotatable bonds is 5.